The topological polar surface area (TPSA) is 46.3 Å². The van der Waals surface area contributed by atoms with Crippen molar-refractivity contribution in [3.05, 3.63) is 0 Å². The summed E-state index contributed by atoms with van der Waals surface area (Å²) >= 11 is 0. The number of carbonyl (C=O) groups excluding carboxylic acids is 1. The van der Waals surface area contributed by atoms with E-state index < -0.39 is 0 Å². The smallest absolute Gasteiger partial charge is 0.148 e. The van der Waals surface area contributed by atoms with E-state index in [1.54, 1.807) is 6.92 Å². The first kappa shape index (κ1) is 7.69. The van der Waals surface area contributed by atoms with E-state index >= 15 is 0 Å². The highest BCUT2D eigenvalue weighted by Crippen LogP contribution is 2.13. The van der Waals surface area contributed by atoms with Gasteiger partial charge in [-0.3, -0.25) is 9.69 Å². The normalized spacial score (nSPS) is 34.7. The molecule has 1 aliphatic rings. The molecule has 1 saturated heterocycles. The highest BCUT2D eigenvalue weighted by atomic mass is 16.1. The Labute approximate surface area is 61.2 Å². The zero-order valence-electron chi connectivity index (χ0n) is 6.50. The molecule has 1 fully saturated rings. The number of Topliss-reactive ketones (excluding diaryl/α,β-unsaturated/α-hetero) is 1. The molecule has 2 N–H and O–H groups in total. The largest absolute Gasteiger partial charge is 0.326 e. The number of carbonyl (C=O) groups is 1. The van der Waals surface area contributed by atoms with E-state index in [1.807, 2.05) is 11.9 Å². The van der Waals surface area contributed by atoms with Crippen LogP contribution in [-0.4, -0.2) is 36.4 Å². The average Bonchev–Trinajstić information content (AvgIpc) is 2.11. The Balaban J connectivity index is 2.63. The second kappa shape index (κ2) is 2.68. The van der Waals surface area contributed by atoms with Gasteiger partial charge in [0.15, 0.2) is 0 Å². The van der Waals surface area contributed by atoms with Gasteiger partial charge in [-0.05, 0) is 20.4 Å². The van der Waals surface area contributed by atoms with Crippen LogP contribution < -0.4 is 5.73 Å². The van der Waals surface area contributed by atoms with Crippen molar-refractivity contribution in [2.24, 2.45) is 5.73 Å². The maximum absolute atomic E-state index is 10.9. The van der Waals surface area contributed by atoms with Crippen molar-refractivity contribution in [2.75, 3.05) is 13.6 Å². The molecular weight excluding hydrogens is 128 g/mol. The number of nitrogens with zero attached hydrogens (tertiary/aromatic N) is 1. The first-order valence-corrected chi connectivity index (χ1v) is 3.59. The van der Waals surface area contributed by atoms with E-state index in [1.165, 1.54) is 0 Å². The van der Waals surface area contributed by atoms with Crippen LogP contribution in [0, 0.1) is 0 Å². The predicted octanol–water partition coefficient (Wildman–Crippen LogP) is -0.393. The summed E-state index contributed by atoms with van der Waals surface area (Å²) in [6, 6.07) is 0.0301. The quantitative estimate of drug-likeness (QED) is 0.542. The first-order chi connectivity index (χ1) is 4.63. The summed E-state index contributed by atoms with van der Waals surface area (Å²) in [6.45, 7) is 2.55. The van der Waals surface area contributed by atoms with E-state index in [2.05, 4.69) is 0 Å². The summed E-state index contributed by atoms with van der Waals surface area (Å²) in [6.07, 6.45) is 0.945. The molecule has 0 amide bonds. The molecule has 10 heavy (non-hydrogen) atoms. The Bertz CT molecular complexity index is 137. The Morgan fingerprint density at radius 2 is 2.30 bits per heavy atom. The van der Waals surface area contributed by atoms with Crippen molar-refractivity contribution in [1.29, 1.82) is 0 Å². The van der Waals surface area contributed by atoms with E-state index in [4.69, 9.17) is 5.73 Å². The minimum absolute atomic E-state index is 0.0278. The molecule has 58 valence electrons. The third-order valence-electron chi connectivity index (χ3n) is 2.11. The number of hydrogen-bond donors (Lipinski definition) is 1. The minimum Gasteiger partial charge on any atom is -0.326 e. The predicted molar refractivity (Wildman–Crippen MR) is 39.7 cm³/mol. The monoisotopic (exact) mass is 142 g/mol. The Kier molecular flexibility index (Phi) is 2.06. The maximum atomic E-state index is 10.9. The van der Waals surface area contributed by atoms with Gasteiger partial charge in [-0.1, -0.05) is 0 Å². The molecule has 0 aromatic heterocycles. The highest BCUT2D eigenvalue weighted by Gasteiger charge is 2.31. The second-order valence-corrected chi connectivity index (χ2v) is 2.99. The minimum atomic E-state index is -0.0278. The van der Waals surface area contributed by atoms with Crippen LogP contribution >= 0.6 is 0 Å². The van der Waals surface area contributed by atoms with Crippen molar-refractivity contribution in [2.45, 2.75) is 25.4 Å². The lowest BCUT2D eigenvalue weighted by Crippen LogP contribution is -2.42. The number of likely N-dealkylation sites (tertiary alicyclic amines) is 1. The van der Waals surface area contributed by atoms with Gasteiger partial charge < -0.3 is 5.73 Å². The Hall–Kier alpha value is -0.410. The molecule has 0 aliphatic carbocycles. The van der Waals surface area contributed by atoms with Gasteiger partial charge in [0, 0.05) is 12.6 Å². The number of ketones is 1. The van der Waals surface area contributed by atoms with Crippen molar-refractivity contribution in [3.8, 4) is 0 Å². The molecule has 0 unspecified atom stereocenters. The van der Waals surface area contributed by atoms with Crippen molar-refractivity contribution < 1.29 is 4.79 Å². The molecule has 0 aromatic rings. The molecule has 3 nitrogen and oxygen atoms in total. The zero-order chi connectivity index (χ0) is 7.72. The highest BCUT2D eigenvalue weighted by molar-refractivity contribution is 5.82. The van der Waals surface area contributed by atoms with Gasteiger partial charge in [0.2, 0.25) is 0 Å². The molecule has 1 rings (SSSR count). The molecule has 3 heteroatoms. The maximum Gasteiger partial charge on any atom is 0.148 e. The molecule has 0 saturated carbocycles. The van der Waals surface area contributed by atoms with Crippen LogP contribution in [0.15, 0.2) is 0 Å². The SMILES string of the molecule is CC(=O)[C@@H]1[C@@H](N)CCN1C. The lowest BCUT2D eigenvalue weighted by Gasteiger charge is -2.18. The first-order valence-electron chi connectivity index (χ1n) is 3.59. The summed E-state index contributed by atoms with van der Waals surface area (Å²) in [5.41, 5.74) is 5.71. The summed E-state index contributed by atoms with van der Waals surface area (Å²) in [7, 11) is 1.94. The third kappa shape index (κ3) is 1.20. The van der Waals surface area contributed by atoms with Crippen molar-refractivity contribution in [3.63, 3.8) is 0 Å². The Morgan fingerprint density at radius 1 is 1.70 bits per heavy atom. The number of nitrogens with two attached hydrogens (primary N) is 1. The van der Waals surface area contributed by atoms with Crippen molar-refractivity contribution in [1.82, 2.24) is 4.90 Å². The fraction of sp³-hybridized carbons (Fsp3) is 0.857. The molecule has 0 bridgehead atoms. The van der Waals surface area contributed by atoms with Crippen LogP contribution in [0.25, 0.3) is 0 Å². The van der Waals surface area contributed by atoms with Crippen LogP contribution in [0.5, 0.6) is 0 Å². The Morgan fingerprint density at radius 3 is 2.50 bits per heavy atom. The number of rotatable bonds is 1. The van der Waals surface area contributed by atoms with E-state index in [0.717, 1.165) is 13.0 Å². The standard InChI is InChI=1S/C7H14N2O/c1-5(10)7-6(8)3-4-9(7)2/h6-7H,3-4,8H2,1-2H3/t6-,7+/m0/s1. The molecule has 1 aliphatic heterocycles. The molecule has 0 aromatic carbocycles. The molecule has 2 atom stereocenters. The van der Waals surface area contributed by atoms with E-state index in [0.29, 0.717) is 0 Å². The molecule has 0 radical (unpaired) electrons. The average molecular weight is 142 g/mol. The number of hydrogen-bond acceptors (Lipinski definition) is 3. The van der Waals surface area contributed by atoms with Crippen LogP contribution in [0.1, 0.15) is 13.3 Å². The van der Waals surface area contributed by atoms with Gasteiger partial charge >= 0.3 is 0 Å². The van der Waals surface area contributed by atoms with Gasteiger partial charge in [0.05, 0.1) is 6.04 Å². The van der Waals surface area contributed by atoms with Crippen LogP contribution in [0.2, 0.25) is 0 Å². The lowest BCUT2D eigenvalue weighted by molar-refractivity contribution is -0.121. The summed E-state index contributed by atoms with van der Waals surface area (Å²) in [5.74, 6) is 0.188. The van der Waals surface area contributed by atoms with Gasteiger partial charge in [-0.2, -0.15) is 0 Å². The number of likely N-dealkylation sites (N-methyl/N-ethyl adjacent to an activating group) is 1. The van der Waals surface area contributed by atoms with Gasteiger partial charge in [-0.15, -0.1) is 0 Å². The van der Waals surface area contributed by atoms with Crippen LogP contribution in [0.4, 0.5) is 0 Å². The molecule has 1 heterocycles. The second-order valence-electron chi connectivity index (χ2n) is 2.99. The molecular formula is C7H14N2O. The molecule has 0 spiro atoms. The lowest BCUT2D eigenvalue weighted by atomic mass is 10.1. The van der Waals surface area contributed by atoms with E-state index in [9.17, 15) is 4.79 Å². The van der Waals surface area contributed by atoms with Crippen molar-refractivity contribution >= 4 is 5.78 Å². The summed E-state index contributed by atoms with van der Waals surface area (Å²) in [5, 5.41) is 0. The van der Waals surface area contributed by atoms with Gasteiger partial charge in [0.25, 0.3) is 0 Å². The van der Waals surface area contributed by atoms with Crippen LogP contribution in [0.3, 0.4) is 0 Å². The summed E-state index contributed by atoms with van der Waals surface area (Å²) < 4.78 is 0. The van der Waals surface area contributed by atoms with Gasteiger partial charge in [0.1, 0.15) is 5.78 Å². The fourth-order valence-electron chi connectivity index (χ4n) is 1.59. The zero-order valence-corrected chi connectivity index (χ0v) is 6.50. The van der Waals surface area contributed by atoms with Crippen LogP contribution in [-0.2, 0) is 4.79 Å². The van der Waals surface area contributed by atoms with E-state index in [-0.39, 0.29) is 17.9 Å². The fourth-order valence-corrected chi connectivity index (χ4v) is 1.59. The summed E-state index contributed by atoms with van der Waals surface area (Å²) in [4.78, 5) is 13.0. The van der Waals surface area contributed by atoms with Gasteiger partial charge in [-0.25, -0.2) is 0 Å². The third-order valence-corrected chi connectivity index (χ3v) is 2.11.